The van der Waals surface area contributed by atoms with E-state index in [1.165, 1.54) is 26.3 Å². The molecule has 3 atom stereocenters. The molecule has 4 rings (SSSR count). The normalized spacial score (nSPS) is 26.5. The van der Waals surface area contributed by atoms with Crippen molar-refractivity contribution in [2.75, 3.05) is 27.4 Å². The number of ether oxygens (including phenoxy) is 3. The first-order valence-electron chi connectivity index (χ1n) is 9.93. The van der Waals surface area contributed by atoms with Crippen LogP contribution in [-0.4, -0.2) is 56.4 Å². The maximum absolute atomic E-state index is 15.2. The van der Waals surface area contributed by atoms with E-state index >= 15 is 4.39 Å². The Kier molecular flexibility index (Phi) is 6.01. The molecule has 2 saturated heterocycles. The first kappa shape index (κ1) is 23.3. The summed E-state index contributed by atoms with van der Waals surface area (Å²) < 4.78 is 86.6. The number of halogens is 3. The first-order valence-corrected chi connectivity index (χ1v) is 11.4. The molecule has 2 aliphatic rings. The van der Waals surface area contributed by atoms with Gasteiger partial charge in [-0.2, -0.15) is 4.39 Å². The third kappa shape index (κ3) is 4.02. The molecule has 0 aliphatic carbocycles. The Morgan fingerprint density at radius 2 is 2.09 bits per heavy atom. The summed E-state index contributed by atoms with van der Waals surface area (Å²) in [5.41, 5.74) is -1.63. The fraction of sp³-hybridized carbons (Fsp3) is 0.381. The second kappa shape index (κ2) is 8.50. The van der Waals surface area contributed by atoms with Crippen LogP contribution in [0.25, 0.3) is 0 Å². The van der Waals surface area contributed by atoms with Crippen molar-refractivity contribution in [1.29, 1.82) is 0 Å². The summed E-state index contributed by atoms with van der Waals surface area (Å²) in [6.45, 7) is 3.69. The van der Waals surface area contributed by atoms with Crippen molar-refractivity contribution in [3.63, 3.8) is 0 Å². The van der Waals surface area contributed by atoms with Crippen LogP contribution in [0.3, 0.4) is 0 Å². The highest BCUT2D eigenvalue weighted by molar-refractivity contribution is 7.90. The number of hydrogen-bond acceptors (Lipinski definition) is 7. The van der Waals surface area contributed by atoms with E-state index in [1.54, 1.807) is 0 Å². The fourth-order valence-electron chi connectivity index (χ4n) is 4.16. The van der Waals surface area contributed by atoms with Gasteiger partial charge in [-0.05, 0) is 24.6 Å². The number of aromatic nitrogens is 1. The van der Waals surface area contributed by atoms with Crippen molar-refractivity contribution >= 4 is 10.0 Å². The van der Waals surface area contributed by atoms with E-state index in [0.29, 0.717) is 6.20 Å². The molecule has 12 heteroatoms. The van der Waals surface area contributed by atoms with Gasteiger partial charge in [0.2, 0.25) is 10.0 Å². The van der Waals surface area contributed by atoms with Gasteiger partial charge in [0.1, 0.15) is 34.0 Å². The molecule has 0 unspecified atom stereocenters. The molecular weight excluding hydrogens is 463 g/mol. The van der Waals surface area contributed by atoms with Gasteiger partial charge in [-0.1, -0.05) is 6.58 Å². The third-order valence-electron chi connectivity index (χ3n) is 5.83. The van der Waals surface area contributed by atoms with Gasteiger partial charge in [-0.25, -0.2) is 22.2 Å². The van der Waals surface area contributed by atoms with Crippen molar-refractivity contribution in [3.05, 3.63) is 66.0 Å². The van der Waals surface area contributed by atoms with E-state index in [-0.39, 0.29) is 36.8 Å². The summed E-state index contributed by atoms with van der Waals surface area (Å²) in [5, 5.41) is 1.88. The van der Waals surface area contributed by atoms with E-state index in [0.717, 1.165) is 16.4 Å². The van der Waals surface area contributed by atoms with Crippen LogP contribution >= 0.6 is 0 Å². The highest BCUT2D eigenvalue weighted by Crippen LogP contribution is 2.44. The van der Waals surface area contributed by atoms with Gasteiger partial charge in [-0.3, -0.25) is 4.31 Å². The number of nitrogens with one attached hydrogen (secondary N) is 1. The van der Waals surface area contributed by atoms with Crippen molar-refractivity contribution < 1.29 is 35.8 Å². The predicted octanol–water partition coefficient (Wildman–Crippen LogP) is 2.63. The minimum atomic E-state index is -3.96. The minimum Gasteiger partial charge on any atom is -0.452 e. The Bertz CT molecular complexity index is 1200. The molecule has 3 heterocycles. The lowest BCUT2D eigenvalue weighted by Gasteiger charge is -2.52. The molecule has 1 aromatic heterocycles. The maximum Gasteiger partial charge on any atom is 0.256 e. The summed E-state index contributed by atoms with van der Waals surface area (Å²) in [7, 11) is -1.14. The van der Waals surface area contributed by atoms with Gasteiger partial charge < -0.3 is 19.5 Å². The molecule has 2 aliphatic heterocycles. The largest absolute Gasteiger partial charge is 0.452 e. The number of methoxy groups -OCH3 is 1. The van der Waals surface area contributed by atoms with E-state index < -0.39 is 50.2 Å². The molecular formula is C21H22F3N3O5S. The molecule has 0 amide bonds. The molecule has 0 bridgehead atoms. The fourth-order valence-corrected chi connectivity index (χ4v) is 6.11. The zero-order chi connectivity index (χ0) is 24.0. The number of fused-ring (bicyclic) bond motifs is 1. The molecule has 1 aromatic carbocycles. The molecule has 0 spiro atoms. The van der Waals surface area contributed by atoms with Crippen LogP contribution in [-0.2, 0) is 25.0 Å². The van der Waals surface area contributed by atoms with Crippen LogP contribution in [0.1, 0.15) is 12.0 Å². The van der Waals surface area contributed by atoms with Gasteiger partial charge in [0, 0.05) is 25.8 Å². The Labute approximate surface area is 189 Å². The molecule has 0 radical (unpaired) electrons. The lowest BCUT2D eigenvalue weighted by atomic mass is 9.82. The van der Waals surface area contributed by atoms with E-state index in [1.807, 2.05) is 0 Å². The summed E-state index contributed by atoms with van der Waals surface area (Å²) in [6, 6.07) is 4.29. The average molecular weight is 485 g/mol. The molecule has 8 nitrogen and oxygen atoms in total. The van der Waals surface area contributed by atoms with Crippen LogP contribution in [0, 0.1) is 17.6 Å². The smallest absolute Gasteiger partial charge is 0.256 e. The molecule has 0 saturated carbocycles. The number of sulfonamides is 1. The Morgan fingerprint density at radius 3 is 2.82 bits per heavy atom. The number of hydrogen-bond donors (Lipinski definition) is 1. The van der Waals surface area contributed by atoms with Crippen LogP contribution in [0.4, 0.5) is 13.2 Å². The second-order valence-electron chi connectivity index (χ2n) is 7.85. The Morgan fingerprint density at radius 1 is 1.33 bits per heavy atom. The van der Waals surface area contributed by atoms with Crippen LogP contribution in [0.15, 0.2) is 42.9 Å². The molecule has 1 N–H and O–H groups in total. The van der Waals surface area contributed by atoms with Crippen LogP contribution in [0.2, 0.25) is 0 Å². The lowest BCUT2D eigenvalue weighted by Crippen LogP contribution is -2.68. The summed E-state index contributed by atoms with van der Waals surface area (Å²) >= 11 is 0. The lowest BCUT2D eigenvalue weighted by molar-refractivity contribution is -0.0714. The van der Waals surface area contributed by atoms with Crippen molar-refractivity contribution in [2.24, 2.45) is 0 Å². The van der Waals surface area contributed by atoms with E-state index in [9.17, 15) is 17.2 Å². The second-order valence-corrected chi connectivity index (χ2v) is 10.0. The zero-order valence-electron chi connectivity index (χ0n) is 17.8. The first-order chi connectivity index (χ1) is 15.6. The predicted molar refractivity (Wildman–Crippen MR) is 111 cm³/mol. The number of benzene rings is 1. The Balaban J connectivity index is 1.80. The molecule has 2 aromatic rings. The van der Waals surface area contributed by atoms with Crippen molar-refractivity contribution in [1.82, 2.24) is 14.6 Å². The third-order valence-corrected chi connectivity index (χ3v) is 8.13. The summed E-state index contributed by atoms with van der Waals surface area (Å²) in [6.07, 6.45) is 0.184. The number of pyridine rings is 1. The number of rotatable bonds is 5. The number of nitrogens with zero attached hydrogens (tertiary/aromatic N) is 2. The van der Waals surface area contributed by atoms with Gasteiger partial charge in [0.05, 0.1) is 25.5 Å². The van der Waals surface area contributed by atoms with Gasteiger partial charge in [0.25, 0.3) is 5.95 Å². The van der Waals surface area contributed by atoms with Gasteiger partial charge >= 0.3 is 0 Å². The van der Waals surface area contributed by atoms with Crippen molar-refractivity contribution in [2.45, 2.75) is 23.3 Å². The van der Waals surface area contributed by atoms with Gasteiger partial charge in [-0.15, -0.1) is 0 Å². The topological polar surface area (TPSA) is 90.0 Å². The summed E-state index contributed by atoms with van der Waals surface area (Å²) in [4.78, 5) is 3.25. The van der Waals surface area contributed by atoms with E-state index in [4.69, 9.17) is 14.2 Å². The average Bonchev–Trinajstić information content (AvgIpc) is 2.77. The van der Waals surface area contributed by atoms with Gasteiger partial charge in [0.15, 0.2) is 5.75 Å². The highest BCUT2D eigenvalue weighted by atomic mass is 32.2. The monoisotopic (exact) mass is 485 g/mol. The summed E-state index contributed by atoms with van der Waals surface area (Å²) in [5.74, 6) is -3.14. The Hall–Kier alpha value is -2.83. The molecule has 33 heavy (non-hydrogen) atoms. The molecule has 178 valence electrons. The highest BCUT2D eigenvalue weighted by Gasteiger charge is 2.58. The molecule has 2 fully saturated rings. The van der Waals surface area contributed by atoms with E-state index in [2.05, 4.69) is 16.9 Å². The van der Waals surface area contributed by atoms with Crippen molar-refractivity contribution in [3.8, 4) is 11.5 Å². The minimum absolute atomic E-state index is 0.0216. The SMILES string of the molecule is C=C1N[C@@]2(c3cc(Oc4cc(F)cnc4F)ccc3F)CO[C@@H](COC)C[C@H]2S(=O)(=O)N1C. The van der Waals surface area contributed by atoms with Crippen LogP contribution in [0.5, 0.6) is 11.5 Å². The standard InChI is InChI=1S/C21H22F3N3O5S/c1-12-26-21(11-31-15(10-30-3)8-19(21)33(28,29)27(12)2)16-7-14(4-5-17(16)23)32-18-6-13(22)9-25-20(18)24/h4-7,9,15,19,26H,1,8,10-11H2,2-3H3/t15-,19-,21-/m1/s1. The van der Waals surface area contributed by atoms with Crippen LogP contribution < -0.4 is 10.1 Å². The maximum atomic E-state index is 15.2. The zero-order valence-corrected chi connectivity index (χ0v) is 18.7. The quantitative estimate of drug-likeness (QED) is 0.652.